The number of nitrogens with zero attached hydrogens (tertiary/aromatic N) is 1. The third-order valence-electron chi connectivity index (χ3n) is 0.330. The minimum atomic E-state index is 0.472. The SMILES string of the molecule is CC(N)=[N+]=C(C)Cl. The van der Waals surface area contributed by atoms with Gasteiger partial charge >= 0.3 is 5.84 Å². The number of halogens is 1. The Kier molecular flexibility index (Phi) is 2.49. The summed E-state index contributed by atoms with van der Waals surface area (Å²) in [6.45, 7) is 3.36. The average Bonchev–Trinajstić information content (AvgIpc) is 1.27. The average molecular weight is 120 g/mol. The van der Waals surface area contributed by atoms with Crippen LogP contribution in [0.1, 0.15) is 13.8 Å². The van der Waals surface area contributed by atoms with Crippen LogP contribution in [0.3, 0.4) is 0 Å². The standard InChI is InChI=1S/C4H7ClN2/c1-3(5)7-4(2)6/h6H,1-2H3/p+1. The predicted molar refractivity (Wildman–Crippen MR) is 33.5 cm³/mol. The van der Waals surface area contributed by atoms with Gasteiger partial charge in [-0.25, -0.2) is 4.67 Å². The third kappa shape index (κ3) is 5.54. The van der Waals surface area contributed by atoms with Crippen LogP contribution in [0.5, 0.6) is 0 Å². The molecule has 0 aliphatic carbocycles. The minimum absolute atomic E-state index is 0.472. The van der Waals surface area contributed by atoms with E-state index in [0.717, 1.165) is 0 Å². The molecule has 2 N–H and O–H groups in total. The first kappa shape index (κ1) is 6.54. The van der Waals surface area contributed by atoms with Crippen LogP contribution >= 0.6 is 11.6 Å². The molecule has 0 bridgehead atoms. The summed E-state index contributed by atoms with van der Waals surface area (Å²) >= 11 is 5.32. The van der Waals surface area contributed by atoms with Crippen molar-refractivity contribution in [3.8, 4) is 0 Å². The normalized spacial score (nSPS) is 7.29. The quantitative estimate of drug-likeness (QED) is 0.274. The first-order valence-electron chi connectivity index (χ1n) is 1.92. The number of hydrogen-bond donors (Lipinski definition) is 1. The number of rotatable bonds is 0. The van der Waals surface area contributed by atoms with Crippen LogP contribution in [-0.4, -0.2) is 11.0 Å². The lowest BCUT2D eigenvalue weighted by Crippen LogP contribution is -2.10. The highest BCUT2D eigenvalue weighted by Gasteiger charge is 1.85. The maximum absolute atomic E-state index is 5.32. The number of nitrogens with two attached hydrogens (primary N) is 1. The first-order chi connectivity index (χ1) is 3.13. The van der Waals surface area contributed by atoms with Gasteiger partial charge in [0.05, 0.1) is 6.92 Å². The zero-order valence-corrected chi connectivity index (χ0v) is 5.16. The molecule has 0 aromatic heterocycles. The van der Waals surface area contributed by atoms with Crippen molar-refractivity contribution in [2.75, 3.05) is 0 Å². The largest absolute Gasteiger partial charge is 0.339 e. The monoisotopic (exact) mass is 119 g/mol. The Bertz CT molecular complexity index is 102. The second-order valence-corrected chi connectivity index (χ2v) is 1.80. The molecule has 0 aliphatic rings. The van der Waals surface area contributed by atoms with Crippen LogP contribution in [-0.2, 0) is 0 Å². The van der Waals surface area contributed by atoms with Crippen molar-refractivity contribution in [2.45, 2.75) is 13.8 Å². The summed E-state index contributed by atoms with van der Waals surface area (Å²) < 4.78 is 3.65. The minimum Gasteiger partial charge on any atom is -0.277 e. The Morgan fingerprint density at radius 1 is 1.57 bits per heavy atom. The van der Waals surface area contributed by atoms with E-state index in [4.69, 9.17) is 17.3 Å². The highest BCUT2D eigenvalue weighted by Crippen LogP contribution is 1.69. The molecule has 0 unspecified atom stereocenters. The van der Waals surface area contributed by atoms with E-state index in [1.165, 1.54) is 0 Å². The van der Waals surface area contributed by atoms with Crippen LogP contribution < -0.4 is 10.4 Å². The summed E-state index contributed by atoms with van der Waals surface area (Å²) in [5, 5.41) is 0.472. The third-order valence-corrected chi connectivity index (χ3v) is 0.415. The summed E-state index contributed by atoms with van der Waals surface area (Å²) in [7, 11) is 0. The van der Waals surface area contributed by atoms with E-state index in [-0.39, 0.29) is 0 Å². The Labute approximate surface area is 47.7 Å². The van der Waals surface area contributed by atoms with E-state index in [2.05, 4.69) is 4.67 Å². The highest BCUT2D eigenvalue weighted by atomic mass is 35.5. The van der Waals surface area contributed by atoms with Crippen molar-refractivity contribution in [1.29, 1.82) is 0 Å². The summed E-state index contributed by atoms with van der Waals surface area (Å²) in [6.07, 6.45) is 0. The highest BCUT2D eigenvalue weighted by molar-refractivity contribution is 6.64. The smallest absolute Gasteiger partial charge is 0.277 e. The first-order valence-corrected chi connectivity index (χ1v) is 2.30. The molecule has 0 rings (SSSR count). The van der Waals surface area contributed by atoms with E-state index < -0.39 is 0 Å². The van der Waals surface area contributed by atoms with Gasteiger partial charge in [-0.3, -0.25) is 5.73 Å². The maximum atomic E-state index is 5.32. The number of hydrogen-bond acceptors (Lipinski definition) is 0. The Morgan fingerprint density at radius 2 is 2.00 bits per heavy atom. The van der Waals surface area contributed by atoms with Gasteiger partial charge in [0.1, 0.15) is 0 Å². The Morgan fingerprint density at radius 3 is 2.00 bits per heavy atom. The van der Waals surface area contributed by atoms with Gasteiger partial charge in [0, 0.05) is 6.92 Å². The summed E-state index contributed by atoms with van der Waals surface area (Å²) in [6, 6.07) is 0. The van der Waals surface area contributed by atoms with Crippen molar-refractivity contribution in [3.05, 3.63) is 0 Å². The van der Waals surface area contributed by atoms with Crippen LogP contribution in [0.15, 0.2) is 0 Å². The molecule has 7 heavy (non-hydrogen) atoms. The molecular weight excluding hydrogens is 112 g/mol. The summed E-state index contributed by atoms with van der Waals surface area (Å²) in [5.41, 5.74) is 5.14. The van der Waals surface area contributed by atoms with Crippen molar-refractivity contribution >= 4 is 22.6 Å². The van der Waals surface area contributed by atoms with Gasteiger partial charge in [0.2, 0.25) is 0 Å². The zero-order chi connectivity index (χ0) is 5.86. The molecule has 0 saturated heterocycles. The molecular formula is C4H8ClN2+. The van der Waals surface area contributed by atoms with Crippen molar-refractivity contribution in [1.82, 2.24) is 4.67 Å². The molecule has 0 aliphatic heterocycles. The topological polar surface area (TPSA) is 40.1 Å². The molecule has 0 heterocycles. The van der Waals surface area contributed by atoms with Gasteiger partial charge in [-0.2, -0.15) is 0 Å². The molecule has 40 valence electrons. The predicted octanol–water partition coefficient (Wildman–Crippen LogP) is 0.0879. The lowest BCUT2D eigenvalue weighted by Gasteiger charge is -1.65. The van der Waals surface area contributed by atoms with Gasteiger partial charge in [0.25, 0.3) is 5.17 Å². The van der Waals surface area contributed by atoms with E-state index >= 15 is 0 Å². The van der Waals surface area contributed by atoms with Crippen molar-refractivity contribution in [3.63, 3.8) is 0 Å². The second kappa shape index (κ2) is 2.67. The molecule has 0 aromatic carbocycles. The molecule has 0 radical (unpaired) electrons. The van der Waals surface area contributed by atoms with Crippen molar-refractivity contribution in [2.24, 2.45) is 5.73 Å². The van der Waals surface area contributed by atoms with Crippen LogP contribution in [0.25, 0.3) is 0 Å². The molecule has 0 amide bonds. The van der Waals surface area contributed by atoms with E-state index in [1.807, 2.05) is 0 Å². The van der Waals surface area contributed by atoms with E-state index in [1.54, 1.807) is 13.8 Å². The lowest BCUT2D eigenvalue weighted by molar-refractivity contribution is 1.50. The maximum Gasteiger partial charge on any atom is 0.339 e. The fraction of sp³-hybridized carbons (Fsp3) is 0.500. The van der Waals surface area contributed by atoms with Gasteiger partial charge in [-0.05, 0) is 11.6 Å². The molecule has 0 fully saturated rings. The van der Waals surface area contributed by atoms with Gasteiger partial charge in [-0.1, -0.05) is 0 Å². The molecule has 3 heteroatoms. The van der Waals surface area contributed by atoms with E-state index in [9.17, 15) is 0 Å². The molecule has 0 atom stereocenters. The van der Waals surface area contributed by atoms with Gasteiger partial charge in [0.15, 0.2) is 0 Å². The van der Waals surface area contributed by atoms with E-state index in [0.29, 0.717) is 11.0 Å². The molecule has 0 saturated carbocycles. The molecule has 2 nitrogen and oxygen atoms in total. The lowest BCUT2D eigenvalue weighted by atomic mass is 10.7. The Balaban J connectivity index is 4.13. The van der Waals surface area contributed by atoms with Crippen LogP contribution in [0, 0.1) is 0 Å². The fourth-order valence-electron chi connectivity index (χ4n) is 0.243. The molecule has 0 aromatic rings. The molecule has 0 spiro atoms. The van der Waals surface area contributed by atoms with Gasteiger partial charge < -0.3 is 0 Å². The van der Waals surface area contributed by atoms with Crippen LogP contribution in [0.4, 0.5) is 0 Å². The zero-order valence-electron chi connectivity index (χ0n) is 4.40. The summed E-state index contributed by atoms with van der Waals surface area (Å²) in [4.78, 5) is 0. The fourth-order valence-corrected chi connectivity index (χ4v) is 0.376. The second-order valence-electron chi connectivity index (χ2n) is 1.25. The van der Waals surface area contributed by atoms with Crippen molar-refractivity contribution < 1.29 is 0 Å². The van der Waals surface area contributed by atoms with Crippen LogP contribution in [0.2, 0.25) is 0 Å². The van der Waals surface area contributed by atoms with Gasteiger partial charge in [-0.15, -0.1) is 0 Å². The Hall–Kier alpha value is -0.460. The number of amidine groups is 1. The summed E-state index contributed by atoms with van der Waals surface area (Å²) in [5.74, 6) is 0.493.